The van der Waals surface area contributed by atoms with Gasteiger partial charge in [-0.15, -0.1) is 22.7 Å². The first-order valence-electron chi connectivity index (χ1n) is 17.7. The average molecular weight is 723 g/mol. The molecule has 2 aliphatic heterocycles. The highest BCUT2D eigenvalue weighted by Gasteiger charge is 2.48. The monoisotopic (exact) mass is 722 g/mol. The number of benzene rings is 3. The Bertz CT molecular complexity index is 2470. The fourth-order valence-corrected chi connectivity index (χ4v) is 10.8. The van der Waals surface area contributed by atoms with E-state index in [1.165, 1.54) is 33.8 Å². The number of ketones is 2. The summed E-state index contributed by atoms with van der Waals surface area (Å²) in [6.07, 6.45) is 3.74. The normalized spacial score (nSPS) is 20.6. The maximum atomic E-state index is 13.6. The van der Waals surface area contributed by atoms with E-state index in [9.17, 15) is 19.8 Å². The molecule has 0 bridgehead atoms. The van der Waals surface area contributed by atoms with Gasteiger partial charge in [0.15, 0.2) is 11.4 Å². The Morgan fingerprint density at radius 2 is 1.00 bits per heavy atom. The van der Waals surface area contributed by atoms with Gasteiger partial charge in [-0.25, -0.2) is 0 Å². The minimum atomic E-state index is -0.304. The van der Waals surface area contributed by atoms with Crippen molar-refractivity contribution in [3.8, 4) is 0 Å². The second-order valence-electron chi connectivity index (χ2n) is 14.9. The number of allylic oxidation sites excluding steroid dienone is 6. The summed E-state index contributed by atoms with van der Waals surface area (Å²) >= 11 is 2.95. The number of carbonyl (C=O) groups excluding carboxylic acids is 2. The summed E-state index contributed by atoms with van der Waals surface area (Å²) < 4.78 is 6.41. The molecular formula is C44H38N2O4S2+2. The highest BCUT2D eigenvalue weighted by molar-refractivity contribution is 7.22. The highest BCUT2D eigenvalue weighted by atomic mass is 32.1. The van der Waals surface area contributed by atoms with E-state index in [1.54, 1.807) is 0 Å². The number of hydrogen-bond acceptors (Lipinski definition) is 6. The third-order valence-corrected chi connectivity index (χ3v) is 13.6. The van der Waals surface area contributed by atoms with Gasteiger partial charge in [0, 0.05) is 54.6 Å². The van der Waals surface area contributed by atoms with Gasteiger partial charge in [-0.05, 0) is 76.6 Å². The van der Waals surface area contributed by atoms with Gasteiger partial charge in [-0.2, -0.15) is 9.15 Å². The van der Waals surface area contributed by atoms with Crippen LogP contribution >= 0.6 is 22.7 Å². The number of nitrogens with zero attached hydrogens (tertiary/aromatic N) is 2. The Balaban J connectivity index is 1.03. The number of para-hydroxylation sites is 2. The van der Waals surface area contributed by atoms with E-state index < -0.39 is 0 Å². The van der Waals surface area contributed by atoms with Crippen molar-refractivity contribution in [2.24, 2.45) is 0 Å². The van der Waals surface area contributed by atoms with Crippen LogP contribution in [0.3, 0.4) is 0 Å². The number of rotatable bonds is 6. The van der Waals surface area contributed by atoms with Crippen molar-refractivity contribution < 1.29 is 29.0 Å². The summed E-state index contributed by atoms with van der Waals surface area (Å²) in [5.41, 5.74) is 7.49. The van der Waals surface area contributed by atoms with Crippen LogP contribution in [0.25, 0.3) is 31.3 Å². The molecule has 2 aromatic heterocycles. The molecule has 3 aromatic carbocycles. The van der Waals surface area contributed by atoms with Gasteiger partial charge in [-0.1, -0.05) is 36.4 Å². The summed E-state index contributed by atoms with van der Waals surface area (Å²) in [5.74, 6) is -0.224. The minimum absolute atomic E-state index is 0.0378. The molecule has 0 radical (unpaired) electrons. The molecule has 0 amide bonds. The number of Topliss-reactive ketones (excluding diaryl/α,β-unsaturated/α-hetero) is 2. The van der Waals surface area contributed by atoms with Crippen molar-refractivity contribution in [2.75, 3.05) is 13.1 Å². The van der Waals surface area contributed by atoms with Gasteiger partial charge in [0.2, 0.25) is 22.9 Å². The number of aliphatic hydroxyl groups excluding tert-OH is 2. The molecule has 2 N–H and O–H groups in total. The number of thiophene rings is 2. The van der Waals surface area contributed by atoms with Crippen molar-refractivity contribution in [2.45, 2.75) is 52.4 Å². The molecule has 0 saturated heterocycles. The second-order valence-corrected chi connectivity index (χ2v) is 17.1. The topological polar surface area (TPSA) is 80.6 Å². The lowest BCUT2D eigenvalue weighted by Gasteiger charge is -2.22. The molecule has 6 nitrogen and oxygen atoms in total. The van der Waals surface area contributed by atoms with E-state index in [4.69, 9.17) is 0 Å². The van der Waals surface area contributed by atoms with E-state index >= 15 is 0 Å². The molecule has 258 valence electrons. The Kier molecular flexibility index (Phi) is 7.02. The van der Waals surface area contributed by atoms with Crippen molar-refractivity contribution in [3.63, 3.8) is 0 Å². The maximum Gasteiger partial charge on any atom is 0.209 e. The molecule has 5 aromatic rings. The van der Waals surface area contributed by atoms with E-state index in [0.717, 1.165) is 65.8 Å². The second kappa shape index (κ2) is 11.2. The summed E-state index contributed by atoms with van der Waals surface area (Å²) in [6, 6.07) is 24.7. The van der Waals surface area contributed by atoms with Crippen molar-refractivity contribution in [3.05, 3.63) is 128 Å². The largest absolute Gasteiger partial charge is 0.506 e. The lowest BCUT2D eigenvalue weighted by molar-refractivity contribution is -0.433. The van der Waals surface area contributed by atoms with Crippen LogP contribution in [-0.2, 0) is 20.4 Å². The molecule has 8 heteroatoms. The molecule has 4 heterocycles. The molecule has 4 aliphatic rings. The molecule has 52 heavy (non-hydrogen) atoms. The van der Waals surface area contributed by atoms with Crippen LogP contribution in [0.2, 0.25) is 0 Å². The van der Waals surface area contributed by atoms with E-state index in [2.05, 4.69) is 87.1 Å². The zero-order valence-electron chi connectivity index (χ0n) is 29.9. The quantitative estimate of drug-likeness (QED) is 0.135. The van der Waals surface area contributed by atoms with Crippen LogP contribution in [0, 0.1) is 0 Å². The van der Waals surface area contributed by atoms with Gasteiger partial charge in [0.25, 0.3) is 0 Å². The third kappa shape index (κ3) is 4.34. The molecule has 0 fully saturated rings. The molecular weight excluding hydrogens is 685 g/mol. The summed E-state index contributed by atoms with van der Waals surface area (Å²) in [6.45, 7) is 14.3. The Hall–Kier alpha value is -5.18. The molecule has 0 unspecified atom stereocenters. The lowest BCUT2D eigenvalue weighted by Crippen LogP contribution is -2.30. The van der Waals surface area contributed by atoms with Crippen molar-refractivity contribution in [1.29, 1.82) is 0 Å². The lowest BCUT2D eigenvalue weighted by atomic mass is 9.78. The highest BCUT2D eigenvalue weighted by Crippen LogP contribution is 2.47. The zero-order valence-corrected chi connectivity index (χ0v) is 31.6. The van der Waals surface area contributed by atoms with Gasteiger partial charge in [0.05, 0.1) is 33.1 Å². The Labute approximate surface area is 310 Å². The number of carbonyl (C=O) groups is 2. The molecule has 0 saturated carbocycles. The summed E-state index contributed by atoms with van der Waals surface area (Å²) in [7, 11) is 0. The van der Waals surface area contributed by atoms with E-state index in [1.807, 2.05) is 48.6 Å². The maximum absolute atomic E-state index is 13.6. The van der Waals surface area contributed by atoms with Gasteiger partial charge >= 0.3 is 0 Å². The van der Waals surface area contributed by atoms with Crippen LogP contribution in [0.15, 0.2) is 108 Å². The summed E-state index contributed by atoms with van der Waals surface area (Å²) in [4.78, 5) is 28.7. The predicted molar refractivity (Wildman–Crippen MR) is 212 cm³/mol. The first-order chi connectivity index (χ1) is 24.9. The number of fused-ring (bicyclic) bond motifs is 4. The van der Waals surface area contributed by atoms with Crippen molar-refractivity contribution in [1.82, 2.24) is 0 Å². The minimum Gasteiger partial charge on any atom is -0.506 e. The molecule has 9 rings (SSSR count). The standard InChI is InChI=1S/C44H36N2O4S2/c1-7-45-29-15-11-9-13-27(29)43(3,4)35(45)21-25-39(47)37(40(25)48)33-19-23-17-32-24(18-31(23)51-33)20-34(52-32)38-41(49)26(42(38)50)22-36-44(5,6)28-14-10-12-16-30(28)46(36)8-2/h9-22H,7-8H2,1-6H3/p+2. The number of hydrogen-bond donors (Lipinski definition) is 2. The fraction of sp³-hybridized carbons (Fsp3) is 0.227. The summed E-state index contributed by atoms with van der Waals surface area (Å²) in [5, 5.41) is 24.5. The van der Waals surface area contributed by atoms with Crippen LogP contribution in [0.4, 0.5) is 11.4 Å². The predicted octanol–water partition coefficient (Wildman–Crippen LogP) is 9.86. The van der Waals surface area contributed by atoms with Crippen LogP contribution in [0.1, 0.15) is 62.4 Å². The van der Waals surface area contributed by atoms with Gasteiger partial charge in [0.1, 0.15) is 24.6 Å². The smallest absolute Gasteiger partial charge is 0.209 e. The van der Waals surface area contributed by atoms with Gasteiger partial charge in [-0.3, -0.25) is 9.59 Å². The Morgan fingerprint density at radius 3 is 1.37 bits per heavy atom. The zero-order chi connectivity index (χ0) is 36.4. The van der Waals surface area contributed by atoms with Gasteiger partial charge < -0.3 is 10.2 Å². The van der Waals surface area contributed by atoms with E-state index in [-0.39, 0.29) is 33.9 Å². The Morgan fingerprint density at radius 1 is 0.615 bits per heavy atom. The average Bonchev–Trinajstić information content (AvgIpc) is 3.83. The first-order valence-corrected chi connectivity index (χ1v) is 19.4. The van der Waals surface area contributed by atoms with Crippen LogP contribution < -0.4 is 0 Å². The SMILES string of the molecule is CC[N+]1=C(/C=C2\C(=O)C(c3cc4cc5sc(C6=C(O)/C(=C/C7=[N+](CC)c8ccccc8C7(C)C)C6=O)cc5cc4s3)=C2O)C(C)(C)c2ccccc21. The van der Waals surface area contributed by atoms with E-state index in [0.29, 0.717) is 22.3 Å². The molecule has 0 spiro atoms. The fourth-order valence-electron chi connectivity index (χ4n) is 8.54. The van der Waals surface area contributed by atoms with Crippen LogP contribution in [-0.4, -0.2) is 55.4 Å². The first kappa shape index (κ1) is 32.7. The van der Waals surface area contributed by atoms with Crippen molar-refractivity contribution >= 4 is 88.4 Å². The number of aliphatic hydroxyl groups is 2. The molecule has 2 aliphatic carbocycles. The van der Waals surface area contributed by atoms with Crippen LogP contribution in [0.5, 0.6) is 0 Å². The molecule has 0 atom stereocenters. The third-order valence-electron chi connectivity index (χ3n) is 11.4.